The third-order valence-corrected chi connectivity index (χ3v) is 8.43. The molecule has 2 fully saturated rings. The van der Waals surface area contributed by atoms with Crippen LogP contribution in [0.4, 0.5) is 0 Å². The van der Waals surface area contributed by atoms with E-state index < -0.39 is 0 Å². The van der Waals surface area contributed by atoms with Crippen molar-refractivity contribution < 1.29 is 28.6 Å². The molecule has 0 aromatic rings. The number of ether oxygens (including phenoxy) is 3. The highest BCUT2D eigenvalue weighted by molar-refractivity contribution is 5.87. The molecule has 2 saturated carbocycles. The predicted octanol–water partition coefficient (Wildman–Crippen LogP) is 8.30. The molecule has 0 aliphatic heterocycles. The second-order valence-electron chi connectivity index (χ2n) is 11.9. The molecular weight excluding hydrogens is 492 g/mol. The Kier molecular flexibility index (Phi) is 17.0. The lowest BCUT2D eigenvalue weighted by molar-refractivity contribution is -0.152. The van der Waals surface area contributed by atoms with E-state index in [0.717, 1.165) is 19.3 Å². The monoisotopic (exact) mass is 548 g/mol. The molecule has 0 aromatic carbocycles. The molecule has 6 nitrogen and oxygen atoms in total. The summed E-state index contributed by atoms with van der Waals surface area (Å²) in [5.41, 5.74) is 1.88. The second kappa shape index (κ2) is 18.1. The molecule has 6 heteroatoms. The average molecular weight is 549 g/mol. The van der Waals surface area contributed by atoms with E-state index in [9.17, 15) is 14.4 Å². The lowest BCUT2D eigenvalue weighted by Gasteiger charge is -2.38. The summed E-state index contributed by atoms with van der Waals surface area (Å²) in [7, 11) is 1.33. The van der Waals surface area contributed by atoms with E-state index in [1.54, 1.807) is 20.8 Å². The van der Waals surface area contributed by atoms with Gasteiger partial charge in [-0.3, -0.25) is 0 Å². The zero-order valence-electron chi connectivity index (χ0n) is 26.2. The molecule has 0 aromatic heterocycles. The van der Waals surface area contributed by atoms with Crippen LogP contribution in [-0.4, -0.2) is 37.7 Å². The number of carbonyl (C=O) groups excluding carboxylic acids is 3. The predicted molar refractivity (Wildman–Crippen MR) is 159 cm³/mol. The fourth-order valence-corrected chi connectivity index (χ4v) is 5.24. The first-order chi connectivity index (χ1) is 18.1. The van der Waals surface area contributed by atoms with Gasteiger partial charge in [0.25, 0.3) is 0 Å². The van der Waals surface area contributed by atoms with Gasteiger partial charge in [0.15, 0.2) is 0 Å². The van der Waals surface area contributed by atoms with E-state index in [1.165, 1.54) is 58.5 Å². The van der Waals surface area contributed by atoms with Crippen LogP contribution in [0.25, 0.3) is 0 Å². The molecule has 0 N–H and O–H groups in total. The van der Waals surface area contributed by atoms with Crippen molar-refractivity contribution in [2.45, 2.75) is 125 Å². The molecule has 2 bridgehead atoms. The van der Waals surface area contributed by atoms with Gasteiger partial charge in [-0.25, -0.2) is 14.4 Å². The highest BCUT2D eigenvalue weighted by Crippen LogP contribution is 2.66. The normalized spacial score (nSPS) is 21.8. The van der Waals surface area contributed by atoms with Crippen molar-refractivity contribution in [3.63, 3.8) is 0 Å². The van der Waals surface area contributed by atoms with Gasteiger partial charge in [0, 0.05) is 22.1 Å². The Morgan fingerprint density at radius 2 is 1.26 bits per heavy atom. The Morgan fingerprint density at radius 3 is 1.62 bits per heavy atom. The van der Waals surface area contributed by atoms with Gasteiger partial charge in [0.05, 0.1) is 13.7 Å². The van der Waals surface area contributed by atoms with E-state index >= 15 is 0 Å². The van der Waals surface area contributed by atoms with Crippen molar-refractivity contribution >= 4 is 17.9 Å². The third-order valence-electron chi connectivity index (χ3n) is 8.43. The zero-order chi connectivity index (χ0) is 30.2. The minimum atomic E-state index is -0.347. The Hall–Kier alpha value is -2.37. The van der Waals surface area contributed by atoms with Crippen LogP contribution >= 0.6 is 0 Å². The Balaban J connectivity index is 0.000000600. The van der Waals surface area contributed by atoms with E-state index in [0.29, 0.717) is 34.7 Å². The first kappa shape index (κ1) is 36.6. The molecule has 0 radical (unpaired) electrons. The van der Waals surface area contributed by atoms with E-state index in [-0.39, 0.29) is 29.4 Å². The Bertz CT molecular complexity index is 839. The van der Waals surface area contributed by atoms with Crippen LogP contribution < -0.4 is 0 Å². The fourth-order valence-electron chi connectivity index (χ4n) is 5.24. The molecule has 2 aliphatic carbocycles. The summed E-state index contributed by atoms with van der Waals surface area (Å²) >= 11 is 0. The molecular formula is C33H56O6. The summed E-state index contributed by atoms with van der Waals surface area (Å²) in [6.07, 6.45) is 13.7. The van der Waals surface area contributed by atoms with E-state index in [2.05, 4.69) is 52.2 Å². The van der Waals surface area contributed by atoms with Gasteiger partial charge in [-0.15, -0.1) is 0 Å². The number of unbranched alkanes of at least 4 members (excludes halogenated alkanes) is 7. The number of carbonyl (C=O) groups is 3. The topological polar surface area (TPSA) is 78.9 Å². The van der Waals surface area contributed by atoms with Gasteiger partial charge in [-0.1, -0.05) is 92.4 Å². The maximum absolute atomic E-state index is 11.6. The van der Waals surface area contributed by atoms with Crippen molar-refractivity contribution in [1.29, 1.82) is 0 Å². The van der Waals surface area contributed by atoms with Gasteiger partial charge in [-0.2, -0.15) is 0 Å². The summed E-state index contributed by atoms with van der Waals surface area (Å²) < 4.78 is 14.9. The molecule has 2 aliphatic rings. The number of hydrogen-bond donors (Lipinski definition) is 0. The molecule has 0 saturated heterocycles. The number of fused-ring (bicyclic) bond motifs is 2. The van der Waals surface area contributed by atoms with Gasteiger partial charge in [0.2, 0.25) is 0 Å². The fraction of sp³-hybridized carbons (Fsp3) is 0.727. The average Bonchev–Trinajstić information content (AvgIpc) is 3.21. The summed E-state index contributed by atoms with van der Waals surface area (Å²) in [5.74, 6) is -0.127. The van der Waals surface area contributed by atoms with Gasteiger partial charge in [-0.05, 0) is 57.8 Å². The number of rotatable bonds is 13. The van der Waals surface area contributed by atoms with Crippen molar-refractivity contribution in [3.05, 3.63) is 36.5 Å². The van der Waals surface area contributed by atoms with Gasteiger partial charge < -0.3 is 14.2 Å². The smallest absolute Gasteiger partial charge is 0.333 e. The van der Waals surface area contributed by atoms with Gasteiger partial charge in [0.1, 0.15) is 6.10 Å². The van der Waals surface area contributed by atoms with Crippen molar-refractivity contribution in [2.75, 3.05) is 13.7 Å². The van der Waals surface area contributed by atoms with Crippen LogP contribution in [0.2, 0.25) is 0 Å². The molecule has 2 rings (SSSR count). The van der Waals surface area contributed by atoms with Crippen molar-refractivity contribution in [3.8, 4) is 0 Å². The van der Waals surface area contributed by atoms with Crippen LogP contribution in [0, 0.1) is 16.7 Å². The largest absolute Gasteiger partial charge is 0.466 e. The van der Waals surface area contributed by atoms with Crippen LogP contribution in [-0.2, 0) is 28.6 Å². The molecule has 0 heterocycles. The maximum atomic E-state index is 11.6. The molecule has 0 spiro atoms. The SMILES string of the molecule is C=C(C)C(=O)OC.C=C(C)C(=O)OCCCCCCCCCC.C=C(C)C(=O)O[C@H]1CC2CC[C@]1(C)C2(C)C. The summed E-state index contributed by atoms with van der Waals surface area (Å²) in [6.45, 7) is 25.2. The number of esters is 3. The van der Waals surface area contributed by atoms with Crippen molar-refractivity contribution in [2.24, 2.45) is 16.7 Å². The molecule has 224 valence electrons. The lowest BCUT2D eigenvalue weighted by atomic mass is 9.70. The van der Waals surface area contributed by atoms with Crippen LogP contribution in [0.15, 0.2) is 36.5 Å². The lowest BCUT2D eigenvalue weighted by Crippen LogP contribution is -2.38. The second-order valence-corrected chi connectivity index (χ2v) is 11.9. The van der Waals surface area contributed by atoms with Crippen molar-refractivity contribution in [1.82, 2.24) is 0 Å². The minimum Gasteiger partial charge on any atom is -0.466 e. The molecule has 1 unspecified atom stereocenters. The summed E-state index contributed by atoms with van der Waals surface area (Å²) in [4.78, 5) is 32.8. The van der Waals surface area contributed by atoms with E-state index in [1.807, 2.05) is 0 Å². The first-order valence-electron chi connectivity index (χ1n) is 14.6. The van der Waals surface area contributed by atoms with Crippen LogP contribution in [0.1, 0.15) is 119 Å². The standard InChI is InChI=1S/C14H22O2.C14H26O2.C5H8O2/c1-9(2)12(15)16-11-8-10-6-7-14(11,5)13(10,3)4;1-4-5-6-7-8-9-10-11-12-16-14(15)13(2)3;1-4(2)5(6)7-3/h10-11H,1,6-8H2,2-5H3;2,4-12H2,1,3H3;1H2,2-3H3/t10?,11-,14-;;/m0../s1. The number of hydrogen-bond acceptors (Lipinski definition) is 6. The zero-order valence-corrected chi connectivity index (χ0v) is 26.2. The third kappa shape index (κ3) is 12.1. The molecule has 0 amide bonds. The summed E-state index contributed by atoms with van der Waals surface area (Å²) in [6, 6.07) is 0. The van der Waals surface area contributed by atoms with Gasteiger partial charge >= 0.3 is 17.9 Å². The maximum Gasteiger partial charge on any atom is 0.333 e. The Labute approximate surface area is 238 Å². The molecule has 3 atom stereocenters. The first-order valence-corrected chi connectivity index (χ1v) is 14.6. The van der Waals surface area contributed by atoms with Crippen LogP contribution in [0.3, 0.4) is 0 Å². The Morgan fingerprint density at radius 1 is 0.769 bits per heavy atom. The highest BCUT2D eigenvalue weighted by atomic mass is 16.5. The van der Waals surface area contributed by atoms with E-state index in [4.69, 9.17) is 9.47 Å². The highest BCUT2D eigenvalue weighted by Gasteiger charge is 2.62. The molecule has 39 heavy (non-hydrogen) atoms. The summed E-state index contributed by atoms with van der Waals surface area (Å²) in [5, 5.41) is 0. The number of methoxy groups -OCH3 is 1. The minimum absolute atomic E-state index is 0.0884. The quantitative estimate of drug-likeness (QED) is 0.0997. The van der Waals surface area contributed by atoms with Crippen LogP contribution in [0.5, 0.6) is 0 Å².